The molecular formula is C16H15ClF3N3O3S. The van der Waals surface area contributed by atoms with Crippen LogP contribution in [0.4, 0.5) is 13.2 Å². The van der Waals surface area contributed by atoms with Gasteiger partial charge in [-0.05, 0) is 30.3 Å². The van der Waals surface area contributed by atoms with E-state index in [1.807, 2.05) is 0 Å². The molecule has 0 fully saturated rings. The van der Waals surface area contributed by atoms with Crippen molar-refractivity contribution in [2.24, 2.45) is 0 Å². The van der Waals surface area contributed by atoms with Gasteiger partial charge in [-0.1, -0.05) is 17.7 Å². The molecule has 2 aromatic rings. The molecule has 27 heavy (non-hydrogen) atoms. The first kappa shape index (κ1) is 21.1. The van der Waals surface area contributed by atoms with Gasteiger partial charge in [-0.2, -0.15) is 13.2 Å². The van der Waals surface area contributed by atoms with Crippen molar-refractivity contribution < 1.29 is 26.4 Å². The van der Waals surface area contributed by atoms with Crippen LogP contribution in [0.1, 0.15) is 17.7 Å². The molecule has 0 spiro atoms. The Morgan fingerprint density at radius 2 is 1.93 bits per heavy atom. The number of nitrogens with zero attached hydrogens (tertiary/aromatic N) is 1. The van der Waals surface area contributed by atoms with Crippen molar-refractivity contribution in [2.45, 2.75) is 24.0 Å². The number of hydrogen-bond acceptors (Lipinski definition) is 4. The first-order valence-electron chi connectivity index (χ1n) is 7.62. The SMILES string of the molecule is O=C(CCNS(=O)(=O)c1ccc(Cl)c(C(F)(F)F)c1)NCc1ccccn1. The summed E-state index contributed by atoms with van der Waals surface area (Å²) in [4.78, 5) is 15.2. The van der Waals surface area contributed by atoms with E-state index in [4.69, 9.17) is 11.6 Å². The average Bonchev–Trinajstić information content (AvgIpc) is 2.60. The lowest BCUT2D eigenvalue weighted by Gasteiger charge is -2.12. The fraction of sp³-hybridized carbons (Fsp3) is 0.250. The number of hydrogen-bond donors (Lipinski definition) is 2. The van der Waals surface area contributed by atoms with Crippen molar-refractivity contribution in [3.8, 4) is 0 Å². The molecule has 0 bridgehead atoms. The highest BCUT2D eigenvalue weighted by atomic mass is 35.5. The van der Waals surface area contributed by atoms with E-state index in [1.165, 1.54) is 0 Å². The summed E-state index contributed by atoms with van der Waals surface area (Å²) in [6, 6.07) is 7.46. The molecule has 0 unspecified atom stereocenters. The van der Waals surface area contributed by atoms with Crippen molar-refractivity contribution in [3.05, 3.63) is 58.9 Å². The highest BCUT2D eigenvalue weighted by Crippen LogP contribution is 2.35. The van der Waals surface area contributed by atoms with E-state index in [1.54, 1.807) is 24.4 Å². The van der Waals surface area contributed by atoms with Crippen LogP contribution in [0.3, 0.4) is 0 Å². The number of amides is 1. The number of aromatic nitrogens is 1. The molecule has 0 aliphatic carbocycles. The van der Waals surface area contributed by atoms with Crippen LogP contribution in [0.15, 0.2) is 47.5 Å². The number of nitrogens with one attached hydrogen (secondary N) is 2. The molecule has 1 aromatic carbocycles. The van der Waals surface area contributed by atoms with E-state index in [0.717, 1.165) is 12.1 Å². The summed E-state index contributed by atoms with van der Waals surface area (Å²) in [5, 5.41) is 1.96. The zero-order valence-electron chi connectivity index (χ0n) is 13.8. The number of pyridine rings is 1. The minimum Gasteiger partial charge on any atom is -0.350 e. The standard InChI is InChI=1S/C16H15ClF3N3O3S/c17-14-5-4-12(9-13(14)16(18,19)20)27(25,26)23-8-6-15(24)22-10-11-3-1-2-7-21-11/h1-5,7,9,23H,6,8,10H2,(H,22,24). The lowest BCUT2D eigenvalue weighted by atomic mass is 10.2. The van der Waals surface area contributed by atoms with Gasteiger partial charge in [0.15, 0.2) is 0 Å². The minimum absolute atomic E-state index is 0.179. The Labute approximate surface area is 158 Å². The van der Waals surface area contributed by atoms with Gasteiger partial charge in [0.1, 0.15) is 0 Å². The quantitative estimate of drug-likeness (QED) is 0.719. The van der Waals surface area contributed by atoms with Crippen LogP contribution < -0.4 is 10.0 Å². The Balaban J connectivity index is 1.92. The molecule has 0 aliphatic heterocycles. The smallest absolute Gasteiger partial charge is 0.350 e. The maximum Gasteiger partial charge on any atom is 0.417 e. The van der Waals surface area contributed by atoms with Gasteiger partial charge in [-0.15, -0.1) is 0 Å². The summed E-state index contributed by atoms with van der Waals surface area (Å²) in [5.74, 6) is -0.435. The van der Waals surface area contributed by atoms with Crippen LogP contribution in [0.25, 0.3) is 0 Å². The van der Waals surface area contributed by atoms with Crippen LogP contribution in [0, 0.1) is 0 Å². The summed E-state index contributed by atoms with van der Waals surface area (Å²) in [5.41, 5.74) is -0.618. The summed E-state index contributed by atoms with van der Waals surface area (Å²) in [7, 11) is -4.22. The summed E-state index contributed by atoms with van der Waals surface area (Å²) in [6.07, 6.45) is -3.41. The summed E-state index contributed by atoms with van der Waals surface area (Å²) < 4.78 is 64.9. The molecule has 1 aromatic heterocycles. The Morgan fingerprint density at radius 3 is 2.56 bits per heavy atom. The molecule has 1 heterocycles. The number of halogens is 4. The Bertz CT molecular complexity index is 906. The fourth-order valence-electron chi connectivity index (χ4n) is 2.05. The van der Waals surface area contributed by atoms with E-state index in [9.17, 15) is 26.4 Å². The van der Waals surface area contributed by atoms with Crippen LogP contribution in [-0.4, -0.2) is 25.9 Å². The second kappa shape index (κ2) is 8.68. The fourth-order valence-corrected chi connectivity index (χ4v) is 3.33. The van der Waals surface area contributed by atoms with E-state index < -0.39 is 37.6 Å². The van der Waals surface area contributed by atoms with Crippen molar-refractivity contribution >= 4 is 27.5 Å². The number of carbonyl (C=O) groups is 1. The van der Waals surface area contributed by atoms with Crippen molar-refractivity contribution in [3.63, 3.8) is 0 Å². The van der Waals surface area contributed by atoms with Gasteiger partial charge >= 0.3 is 6.18 Å². The summed E-state index contributed by atoms with van der Waals surface area (Å²) in [6.45, 7) is -0.0983. The van der Waals surface area contributed by atoms with E-state index in [0.29, 0.717) is 11.8 Å². The van der Waals surface area contributed by atoms with Gasteiger partial charge in [0.2, 0.25) is 15.9 Å². The number of benzene rings is 1. The molecule has 0 saturated heterocycles. The van der Waals surface area contributed by atoms with Gasteiger partial charge in [0.25, 0.3) is 0 Å². The maximum atomic E-state index is 12.8. The van der Waals surface area contributed by atoms with Gasteiger partial charge in [-0.3, -0.25) is 9.78 Å². The Kier molecular flexibility index (Phi) is 6.79. The van der Waals surface area contributed by atoms with Crippen molar-refractivity contribution in [1.82, 2.24) is 15.0 Å². The molecular weight excluding hydrogens is 407 g/mol. The highest BCUT2D eigenvalue weighted by molar-refractivity contribution is 7.89. The third-order valence-corrected chi connectivity index (χ3v) is 5.18. The molecule has 6 nitrogen and oxygen atoms in total. The highest BCUT2D eigenvalue weighted by Gasteiger charge is 2.34. The molecule has 0 atom stereocenters. The second-order valence-electron chi connectivity index (χ2n) is 5.38. The zero-order chi connectivity index (χ0) is 20.1. The number of alkyl halides is 3. The molecule has 2 N–H and O–H groups in total. The molecule has 11 heteroatoms. The van der Waals surface area contributed by atoms with E-state index >= 15 is 0 Å². The lowest BCUT2D eigenvalue weighted by Crippen LogP contribution is -2.30. The van der Waals surface area contributed by atoms with E-state index in [-0.39, 0.29) is 19.5 Å². The van der Waals surface area contributed by atoms with Gasteiger partial charge < -0.3 is 5.32 Å². The Morgan fingerprint density at radius 1 is 1.19 bits per heavy atom. The topological polar surface area (TPSA) is 88.2 Å². The molecule has 0 saturated carbocycles. The van der Waals surface area contributed by atoms with Gasteiger partial charge in [0.05, 0.1) is 27.7 Å². The molecule has 146 valence electrons. The van der Waals surface area contributed by atoms with Gasteiger partial charge in [0, 0.05) is 19.2 Å². The Hall–Kier alpha value is -2.17. The minimum atomic E-state index is -4.78. The molecule has 0 aliphatic rings. The summed E-state index contributed by atoms with van der Waals surface area (Å²) >= 11 is 5.47. The van der Waals surface area contributed by atoms with Crippen LogP contribution >= 0.6 is 11.6 Å². The number of carbonyl (C=O) groups excluding carboxylic acids is 1. The second-order valence-corrected chi connectivity index (χ2v) is 7.56. The first-order valence-corrected chi connectivity index (χ1v) is 9.49. The monoisotopic (exact) mass is 421 g/mol. The van der Waals surface area contributed by atoms with Crippen molar-refractivity contribution in [1.29, 1.82) is 0 Å². The van der Waals surface area contributed by atoms with Crippen LogP contribution in [0.2, 0.25) is 5.02 Å². The zero-order valence-corrected chi connectivity index (χ0v) is 15.3. The van der Waals surface area contributed by atoms with E-state index in [2.05, 4.69) is 15.0 Å². The molecule has 0 radical (unpaired) electrons. The van der Waals surface area contributed by atoms with Crippen LogP contribution in [-0.2, 0) is 27.5 Å². The normalized spacial score (nSPS) is 12.0. The third kappa shape index (κ3) is 6.19. The first-order chi connectivity index (χ1) is 12.6. The third-order valence-electron chi connectivity index (χ3n) is 3.39. The predicted octanol–water partition coefficient (Wildman–Crippen LogP) is 2.74. The predicted molar refractivity (Wildman–Crippen MR) is 92.3 cm³/mol. The molecule has 2 rings (SSSR count). The number of rotatable bonds is 7. The largest absolute Gasteiger partial charge is 0.417 e. The maximum absolute atomic E-state index is 12.8. The van der Waals surface area contributed by atoms with Gasteiger partial charge in [-0.25, -0.2) is 13.1 Å². The van der Waals surface area contributed by atoms with Crippen molar-refractivity contribution in [2.75, 3.05) is 6.54 Å². The lowest BCUT2D eigenvalue weighted by molar-refractivity contribution is -0.137. The molecule has 1 amide bonds. The van der Waals surface area contributed by atoms with Crippen LogP contribution in [0.5, 0.6) is 0 Å². The number of sulfonamides is 1. The average molecular weight is 422 g/mol.